The molecule has 5 heteroatoms. The molecule has 1 saturated carbocycles. The summed E-state index contributed by atoms with van der Waals surface area (Å²) in [4.78, 5) is 24.1. The number of primary amides is 1. The van der Waals surface area contributed by atoms with E-state index in [-0.39, 0.29) is 11.8 Å². The first kappa shape index (κ1) is 17.0. The molecule has 24 heavy (non-hydrogen) atoms. The number of ether oxygens (including phenoxy) is 1. The molecule has 2 fully saturated rings. The van der Waals surface area contributed by atoms with E-state index in [1.807, 2.05) is 31.2 Å². The van der Waals surface area contributed by atoms with Crippen LogP contribution in [0.25, 0.3) is 0 Å². The molecular weight excluding hydrogens is 306 g/mol. The highest BCUT2D eigenvalue weighted by Gasteiger charge is 2.48. The minimum Gasteiger partial charge on any atom is -0.481 e. The minimum absolute atomic E-state index is 0.186. The number of benzene rings is 1. The summed E-state index contributed by atoms with van der Waals surface area (Å²) in [6.07, 6.45) is 4.15. The van der Waals surface area contributed by atoms with Crippen molar-refractivity contribution in [3.63, 3.8) is 0 Å². The molecule has 0 bridgehead atoms. The molecule has 1 aliphatic heterocycles. The van der Waals surface area contributed by atoms with Gasteiger partial charge in [-0.05, 0) is 42.7 Å². The van der Waals surface area contributed by atoms with Gasteiger partial charge in [-0.1, -0.05) is 37.6 Å². The quantitative estimate of drug-likeness (QED) is 0.837. The highest BCUT2D eigenvalue weighted by atomic mass is 16.5. The van der Waals surface area contributed by atoms with E-state index in [1.165, 1.54) is 0 Å². The van der Waals surface area contributed by atoms with Gasteiger partial charge in [0.2, 0.25) is 5.91 Å². The summed E-state index contributed by atoms with van der Waals surface area (Å²) >= 11 is 0. The Morgan fingerprint density at radius 3 is 2.38 bits per heavy atom. The second kappa shape index (κ2) is 6.20. The molecule has 1 aromatic rings. The SMILES string of the molecule is CCC(C(=O)O)(c1ccc(C2(C(N)=O)CCOC2)cc1)C1CCC1. The molecule has 3 rings (SSSR count). The van der Waals surface area contributed by atoms with E-state index in [4.69, 9.17) is 10.5 Å². The minimum atomic E-state index is -0.831. The number of amides is 1. The smallest absolute Gasteiger partial charge is 0.314 e. The molecule has 0 spiro atoms. The third-order valence-electron chi connectivity index (χ3n) is 6.19. The molecule has 1 aliphatic carbocycles. The topological polar surface area (TPSA) is 89.6 Å². The van der Waals surface area contributed by atoms with Gasteiger partial charge in [-0.15, -0.1) is 0 Å². The molecule has 0 aromatic heterocycles. The molecule has 1 heterocycles. The van der Waals surface area contributed by atoms with Crippen molar-refractivity contribution in [3.05, 3.63) is 35.4 Å². The highest BCUT2D eigenvalue weighted by molar-refractivity contribution is 5.87. The first-order chi connectivity index (χ1) is 11.5. The Hall–Kier alpha value is -1.88. The van der Waals surface area contributed by atoms with Gasteiger partial charge in [0.1, 0.15) is 0 Å². The zero-order valence-electron chi connectivity index (χ0n) is 14.1. The summed E-state index contributed by atoms with van der Waals surface area (Å²) in [5.41, 5.74) is 5.66. The molecular formula is C19H25NO4. The standard InChI is InChI=1S/C19H25NO4/c1-2-19(17(22)23,14-4-3-5-14)15-8-6-13(7-9-15)18(16(20)21)10-11-24-12-18/h6-9,14H,2-5,10-12H2,1H3,(H2,20,21)(H,22,23). The van der Waals surface area contributed by atoms with Crippen molar-refractivity contribution in [3.8, 4) is 0 Å². The van der Waals surface area contributed by atoms with Crippen LogP contribution in [0.1, 0.15) is 50.2 Å². The summed E-state index contributed by atoms with van der Waals surface area (Å²) < 4.78 is 5.40. The fourth-order valence-electron chi connectivity index (χ4n) is 4.29. The molecule has 2 unspecified atom stereocenters. The Labute approximate surface area is 142 Å². The Morgan fingerprint density at radius 1 is 1.33 bits per heavy atom. The molecule has 5 nitrogen and oxygen atoms in total. The Balaban J connectivity index is 1.98. The van der Waals surface area contributed by atoms with Crippen LogP contribution in [0.5, 0.6) is 0 Å². The molecule has 1 amide bonds. The van der Waals surface area contributed by atoms with Crippen molar-refractivity contribution >= 4 is 11.9 Å². The number of aliphatic carboxylic acids is 1. The summed E-state index contributed by atoms with van der Waals surface area (Å²) in [7, 11) is 0. The predicted molar refractivity (Wildman–Crippen MR) is 89.7 cm³/mol. The predicted octanol–water partition coefficient (Wildman–Crippen LogP) is 2.36. The van der Waals surface area contributed by atoms with E-state index >= 15 is 0 Å². The fourth-order valence-corrected chi connectivity index (χ4v) is 4.29. The van der Waals surface area contributed by atoms with Crippen LogP contribution in [0.15, 0.2) is 24.3 Å². The summed E-state index contributed by atoms with van der Waals surface area (Å²) in [5, 5.41) is 9.94. The third kappa shape index (κ3) is 2.34. The van der Waals surface area contributed by atoms with Crippen LogP contribution in [0.2, 0.25) is 0 Å². The van der Waals surface area contributed by atoms with E-state index in [0.717, 1.165) is 30.4 Å². The molecule has 1 aromatic carbocycles. The van der Waals surface area contributed by atoms with Crippen LogP contribution in [0.4, 0.5) is 0 Å². The van der Waals surface area contributed by atoms with Crippen molar-refractivity contribution in [2.75, 3.05) is 13.2 Å². The Kier molecular flexibility index (Phi) is 4.38. The lowest BCUT2D eigenvalue weighted by Crippen LogP contribution is -2.46. The van der Waals surface area contributed by atoms with Crippen LogP contribution in [-0.2, 0) is 25.2 Å². The zero-order valence-corrected chi connectivity index (χ0v) is 14.1. The number of rotatable bonds is 6. The maximum absolute atomic E-state index is 12.1. The largest absolute Gasteiger partial charge is 0.481 e. The number of carbonyl (C=O) groups excluding carboxylic acids is 1. The lowest BCUT2D eigenvalue weighted by atomic mass is 9.60. The number of carboxylic acids is 1. The number of hydrogen-bond acceptors (Lipinski definition) is 3. The summed E-state index contributed by atoms with van der Waals surface area (Å²) in [5.74, 6) is -0.950. The molecule has 2 atom stereocenters. The lowest BCUT2D eigenvalue weighted by Gasteiger charge is -2.42. The second-order valence-corrected chi connectivity index (χ2v) is 7.08. The lowest BCUT2D eigenvalue weighted by molar-refractivity contribution is -0.148. The van der Waals surface area contributed by atoms with E-state index in [0.29, 0.717) is 26.1 Å². The molecule has 130 valence electrons. The number of carboxylic acid groups (broad SMARTS) is 1. The highest BCUT2D eigenvalue weighted by Crippen LogP contribution is 2.47. The van der Waals surface area contributed by atoms with Gasteiger partial charge in [0.15, 0.2) is 0 Å². The average Bonchev–Trinajstić information content (AvgIpc) is 3.01. The van der Waals surface area contributed by atoms with Crippen molar-refractivity contribution < 1.29 is 19.4 Å². The monoisotopic (exact) mass is 331 g/mol. The van der Waals surface area contributed by atoms with E-state index in [1.54, 1.807) is 0 Å². The van der Waals surface area contributed by atoms with Crippen LogP contribution >= 0.6 is 0 Å². The van der Waals surface area contributed by atoms with Crippen LogP contribution in [-0.4, -0.2) is 30.2 Å². The van der Waals surface area contributed by atoms with Gasteiger partial charge in [0.05, 0.1) is 17.4 Å². The van der Waals surface area contributed by atoms with Gasteiger partial charge in [0, 0.05) is 6.61 Å². The molecule has 1 saturated heterocycles. The van der Waals surface area contributed by atoms with Crippen LogP contribution in [0.3, 0.4) is 0 Å². The average molecular weight is 331 g/mol. The normalized spacial score (nSPS) is 26.5. The zero-order chi connectivity index (χ0) is 17.4. The van der Waals surface area contributed by atoms with Gasteiger partial charge in [-0.25, -0.2) is 0 Å². The fraction of sp³-hybridized carbons (Fsp3) is 0.579. The van der Waals surface area contributed by atoms with Gasteiger partial charge in [-0.2, -0.15) is 0 Å². The van der Waals surface area contributed by atoms with E-state index < -0.39 is 16.8 Å². The number of hydrogen-bond donors (Lipinski definition) is 2. The number of nitrogens with two attached hydrogens (primary N) is 1. The van der Waals surface area contributed by atoms with Gasteiger partial charge >= 0.3 is 5.97 Å². The van der Waals surface area contributed by atoms with Crippen LogP contribution in [0, 0.1) is 5.92 Å². The third-order valence-corrected chi connectivity index (χ3v) is 6.19. The second-order valence-electron chi connectivity index (χ2n) is 7.08. The van der Waals surface area contributed by atoms with E-state index in [9.17, 15) is 14.7 Å². The van der Waals surface area contributed by atoms with Gasteiger partial charge in [0.25, 0.3) is 0 Å². The van der Waals surface area contributed by atoms with E-state index in [2.05, 4.69) is 0 Å². The van der Waals surface area contributed by atoms with Crippen molar-refractivity contribution in [1.82, 2.24) is 0 Å². The van der Waals surface area contributed by atoms with Gasteiger partial charge < -0.3 is 15.6 Å². The van der Waals surface area contributed by atoms with Gasteiger partial charge in [-0.3, -0.25) is 9.59 Å². The first-order valence-corrected chi connectivity index (χ1v) is 8.69. The van der Waals surface area contributed by atoms with Crippen molar-refractivity contribution in [2.24, 2.45) is 11.7 Å². The maximum atomic E-state index is 12.1. The molecule has 0 radical (unpaired) electrons. The molecule has 2 aliphatic rings. The number of carbonyl (C=O) groups is 2. The first-order valence-electron chi connectivity index (χ1n) is 8.69. The Bertz CT molecular complexity index is 629. The molecule has 3 N–H and O–H groups in total. The van der Waals surface area contributed by atoms with Crippen molar-refractivity contribution in [1.29, 1.82) is 0 Å². The Morgan fingerprint density at radius 2 is 2.00 bits per heavy atom. The summed E-state index contributed by atoms with van der Waals surface area (Å²) in [6.45, 7) is 2.75. The van der Waals surface area contributed by atoms with Crippen molar-refractivity contribution in [2.45, 2.75) is 49.9 Å². The van der Waals surface area contributed by atoms with Crippen LogP contribution < -0.4 is 5.73 Å². The summed E-state index contributed by atoms with van der Waals surface area (Å²) in [6, 6.07) is 7.46. The maximum Gasteiger partial charge on any atom is 0.314 e.